The number of hydrogen-bond acceptors (Lipinski definition) is 4. The maximum Gasteiger partial charge on any atom is 0.0906 e. The molecule has 1 fully saturated rings. The molecule has 17 heavy (non-hydrogen) atoms. The van der Waals surface area contributed by atoms with Gasteiger partial charge in [0.15, 0.2) is 0 Å². The van der Waals surface area contributed by atoms with Crippen molar-refractivity contribution in [2.45, 2.75) is 64.0 Å². The summed E-state index contributed by atoms with van der Waals surface area (Å²) in [6.45, 7) is 1.77. The molecule has 0 aromatic heterocycles. The van der Waals surface area contributed by atoms with E-state index in [1.807, 2.05) is 0 Å². The summed E-state index contributed by atoms with van der Waals surface area (Å²) >= 11 is 4.10. The van der Waals surface area contributed by atoms with Crippen LogP contribution in [0.3, 0.4) is 0 Å². The van der Waals surface area contributed by atoms with Gasteiger partial charge in [0.05, 0.1) is 11.9 Å². The van der Waals surface area contributed by atoms with E-state index in [0.29, 0.717) is 12.3 Å². The van der Waals surface area contributed by atoms with Crippen molar-refractivity contribution in [3.05, 3.63) is 11.8 Å². The maximum absolute atomic E-state index is 10.0. The molecule has 1 saturated carbocycles. The summed E-state index contributed by atoms with van der Waals surface area (Å²) in [6, 6.07) is -0.0384. The summed E-state index contributed by atoms with van der Waals surface area (Å²) in [5, 5.41) is 19.5. The van der Waals surface area contributed by atoms with Gasteiger partial charge in [0.25, 0.3) is 0 Å². The fourth-order valence-electron chi connectivity index (χ4n) is 2.55. The van der Waals surface area contributed by atoms with Crippen LogP contribution in [0, 0.1) is 5.92 Å². The van der Waals surface area contributed by atoms with Gasteiger partial charge >= 0.3 is 0 Å². The van der Waals surface area contributed by atoms with Crippen LogP contribution in [0.2, 0.25) is 0 Å². The predicted molar refractivity (Wildman–Crippen MR) is 74.1 cm³/mol. The van der Waals surface area contributed by atoms with E-state index in [1.165, 1.54) is 32.1 Å². The van der Waals surface area contributed by atoms with E-state index in [-0.39, 0.29) is 11.8 Å². The number of hydrogen-bond donors (Lipinski definition) is 4. The van der Waals surface area contributed by atoms with Gasteiger partial charge < -0.3 is 10.2 Å². The van der Waals surface area contributed by atoms with Crippen molar-refractivity contribution in [1.29, 1.82) is 0 Å². The topological polar surface area (TPSA) is 52.5 Å². The van der Waals surface area contributed by atoms with E-state index in [1.54, 1.807) is 13.0 Å². The fourth-order valence-corrected chi connectivity index (χ4v) is 2.83. The lowest BCUT2D eigenvalue weighted by molar-refractivity contribution is 0.109. The van der Waals surface area contributed by atoms with Crippen LogP contribution in [0.5, 0.6) is 0 Å². The second-order valence-electron chi connectivity index (χ2n) is 5.03. The molecule has 3 N–H and O–H groups in total. The highest BCUT2D eigenvalue weighted by Crippen LogP contribution is 2.28. The summed E-state index contributed by atoms with van der Waals surface area (Å²) < 4.78 is 2.88. The van der Waals surface area contributed by atoms with Crippen LogP contribution < -0.4 is 4.72 Å². The predicted octanol–water partition coefficient (Wildman–Crippen LogP) is 2.97. The molecule has 0 spiro atoms. The van der Waals surface area contributed by atoms with Crippen molar-refractivity contribution >= 4 is 12.8 Å². The van der Waals surface area contributed by atoms with Gasteiger partial charge in [-0.15, -0.1) is 0 Å². The van der Waals surface area contributed by atoms with E-state index in [9.17, 15) is 10.2 Å². The van der Waals surface area contributed by atoms with E-state index in [0.717, 1.165) is 6.42 Å². The summed E-state index contributed by atoms with van der Waals surface area (Å²) in [7, 11) is 0. The van der Waals surface area contributed by atoms with Crippen LogP contribution in [0.4, 0.5) is 0 Å². The Morgan fingerprint density at radius 3 is 2.59 bits per heavy atom. The van der Waals surface area contributed by atoms with Crippen molar-refractivity contribution in [2.24, 2.45) is 5.92 Å². The average Bonchev–Trinajstić information content (AvgIpc) is 2.36. The summed E-state index contributed by atoms with van der Waals surface area (Å²) in [4.78, 5) is 0. The quantitative estimate of drug-likeness (QED) is 0.438. The molecule has 2 atom stereocenters. The highest BCUT2D eigenvalue weighted by atomic mass is 32.1. The van der Waals surface area contributed by atoms with E-state index >= 15 is 0 Å². The Labute approximate surface area is 110 Å². The third-order valence-corrected chi connectivity index (χ3v) is 4.03. The van der Waals surface area contributed by atoms with Gasteiger partial charge in [0, 0.05) is 12.5 Å². The van der Waals surface area contributed by atoms with Crippen LogP contribution in [0.25, 0.3) is 0 Å². The summed E-state index contributed by atoms with van der Waals surface area (Å²) in [6.07, 6.45) is 8.79. The van der Waals surface area contributed by atoms with E-state index in [2.05, 4.69) is 17.5 Å². The Bertz CT molecular complexity index is 240. The van der Waals surface area contributed by atoms with Gasteiger partial charge in [-0.25, -0.2) is 0 Å². The van der Waals surface area contributed by atoms with Crippen molar-refractivity contribution in [1.82, 2.24) is 4.72 Å². The number of allylic oxidation sites excluding steroid dienone is 1. The first-order valence-electron chi connectivity index (χ1n) is 6.59. The molecule has 1 aliphatic carbocycles. The minimum absolute atomic E-state index is 0.0384. The molecule has 0 saturated heterocycles. The third-order valence-electron chi connectivity index (χ3n) is 3.69. The number of aliphatic hydroxyl groups is 2. The van der Waals surface area contributed by atoms with Crippen molar-refractivity contribution < 1.29 is 10.2 Å². The second-order valence-corrected chi connectivity index (χ2v) is 5.29. The molecule has 2 unspecified atom stereocenters. The first kappa shape index (κ1) is 14.9. The number of nitrogens with one attached hydrogen (secondary N) is 1. The Morgan fingerprint density at radius 1 is 1.41 bits per heavy atom. The molecule has 3 nitrogen and oxygen atoms in total. The monoisotopic (exact) mass is 259 g/mol. The zero-order valence-electron chi connectivity index (χ0n) is 10.6. The molecule has 0 aromatic rings. The average molecular weight is 259 g/mol. The van der Waals surface area contributed by atoms with Gasteiger partial charge in [-0.1, -0.05) is 44.9 Å². The minimum atomic E-state index is -0.564. The lowest BCUT2D eigenvalue weighted by Crippen LogP contribution is -2.37. The SMILES string of the molecule is C/C=C(\O)CC(O)C(CC1CCCCC1)NS. The minimum Gasteiger partial charge on any atom is -0.513 e. The summed E-state index contributed by atoms with van der Waals surface area (Å²) in [5.41, 5.74) is 0. The highest BCUT2D eigenvalue weighted by molar-refractivity contribution is 7.78. The molecule has 0 heterocycles. The van der Waals surface area contributed by atoms with Crippen LogP contribution in [0.1, 0.15) is 51.9 Å². The highest BCUT2D eigenvalue weighted by Gasteiger charge is 2.24. The third kappa shape index (κ3) is 5.32. The number of aliphatic hydroxyl groups excluding tert-OH is 2. The smallest absolute Gasteiger partial charge is 0.0906 e. The van der Waals surface area contributed by atoms with Crippen LogP contribution >= 0.6 is 12.8 Å². The van der Waals surface area contributed by atoms with Crippen molar-refractivity contribution in [2.75, 3.05) is 0 Å². The van der Waals surface area contributed by atoms with Crippen LogP contribution in [-0.4, -0.2) is 22.4 Å². The van der Waals surface area contributed by atoms with Gasteiger partial charge in [0.2, 0.25) is 0 Å². The molecule has 1 aliphatic rings. The largest absolute Gasteiger partial charge is 0.513 e. The van der Waals surface area contributed by atoms with Gasteiger partial charge in [-0.3, -0.25) is 4.72 Å². The van der Waals surface area contributed by atoms with Gasteiger partial charge in [0.1, 0.15) is 0 Å². The van der Waals surface area contributed by atoms with Crippen LogP contribution in [-0.2, 0) is 0 Å². The Kier molecular flexibility index (Phi) is 7.00. The molecular formula is C13H25NO2S. The zero-order chi connectivity index (χ0) is 12.7. The molecule has 0 aliphatic heterocycles. The Morgan fingerprint density at radius 2 is 2.06 bits per heavy atom. The standard InChI is InChI=1S/C13H25NO2S/c1-2-11(15)9-13(16)12(14-17)8-10-6-4-3-5-7-10/h2,10,12-17H,3-9H2,1H3/b11-2-. The first-order chi connectivity index (χ1) is 8.17. The molecule has 0 aromatic carbocycles. The molecule has 4 heteroatoms. The number of thiol groups is 1. The molecule has 0 radical (unpaired) electrons. The first-order valence-corrected chi connectivity index (χ1v) is 7.04. The van der Waals surface area contributed by atoms with Crippen molar-refractivity contribution in [3.8, 4) is 0 Å². The molecular weight excluding hydrogens is 234 g/mol. The molecule has 0 amide bonds. The zero-order valence-corrected chi connectivity index (χ0v) is 11.5. The van der Waals surface area contributed by atoms with E-state index < -0.39 is 6.10 Å². The van der Waals surface area contributed by atoms with Gasteiger partial charge in [-0.2, -0.15) is 0 Å². The fraction of sp³-hybridized carbons (Fsp3) is 0.846. The van der Waals surface area contributed by atoms with Crippen LogP contribution in [0.15, 0.2) is 11.8 Å². The number of rotatable bonds is 6. The van der Waals surface area contributed by atoms with E-state index in [4.69, 9.17) is 0 Å². The normalized spacial score (nSPS) is 22.4. The lowest BCUT2D eigenvalue weighted by Gasteiger charge is -2.28. The lowest BCUT2D eigenvalue weighted by atomic mass is 9.83. The Balaban J connectivity index is 2.40. The second kappa shape index (κ2) is 8.01. The molecule has 0 bridgehead atoms. The molecule has 100 valence electrons. The van der Waals surface area contributed by atoms with Crippen molar-refractivity contribution in [3.63, 3.8) is 0 Å². The Hall–Kier alpha value is -0.190. The van der Waals surface area contributed by atoms with Gasteiger partial charge in [-0.05, 0) is 25.3 Å². The molecule has 1 rings (SSSR count). The summed E-state index contributed by atoms with van der Waals surface area (Å²) in [5.74, 6) is 0.936. The maximum atomic E-state index is 10.0.